The fraction of sp³-hybridized carbons (Fsp3) is 0. The molecule has 0 aliphatic heterocycles. The lowest BCUT2D eigenvalue weighted by atomic mass is 9.84. The number of benzene rings is 13. The summed E-state index contributed by atoms with van der Waals surface area (Å²) in [6.07, 6.45) is 0. The SMILES string of the molecule is c1ccc(-c2c(-c3ccccc3)c3cc(-c4cccc(N(c5ccc(-c6ccc7c(ccc8ccccc87)c6)cc5)c5cccc(-c6cccc7c6sc6ccccc67)c5)c4)ccc3c3ccccc23)cc1. The lowest BCUT2D eigenvalue weighted by molar-refractivity contribution is 1.28. The first kappa shape index (κ1) is 41.9. The van der Waals surface area contributed by atoms with Crippen molar-refractivity contribution in [2.24, 2.45) is 0 Å². The Morgan fingerprint density at radius 3 is 1.50 bits per heavy atom. The summed E-state index contributed by atoms with van der Waals surface area (Å²) in [5, 5.41) is 12.7. The Kier molecular flexibility index (Phi) is 10.1. The van der Waals surface area contributed by atoms with Crippen molar-refractivity contribution >= 4 is 91.7 Å². The second kappa shape index (κ2) is 17.4. The van der Waals surface area contributed by atoms with Gasteiger partial charge in [-0.2, -0.15) is 0 Å². The highest BCUT2D eigenvalue weighted by molar-refractivity contribution is 7.26. The van der Waals surface area contributed by atoms with Crippen molar-refractivity contribution in [1.29, 1.82) is 0 Å². The Labute approximate surface area is 422 Å². The van der Waals surface area contributed by atoms with Crippen molar-refractivity contribution in [1.82, 2.24) is 0 Å². The van der Waals surface area contributed by atoms with Crippen LogP contribution in [0.25, 0.3) is 119 Å². The standard InChI is InChI=1S/C70H45NS/c1-3-17-48(18-4-1)68-64-28-10-9-26-61(64)62-41-37-52(45-66(62)69(68)49-19-5-2-6-20-49)50-21-13-23-56(43-50)71(57-24-14-22-53(44-57)60-29-15-30-65-63-27-11-12-31-67(63)72-70(60)65)55-38-34-46(35-39-55)51-36-40-59-54(42-51)33-32-47-16-7-8-25-58(47)59/h1-45H. The first-order chi connectivity index (χ1) is 35.7. The predicted octanol–water partition coefficient (Wildman–Crippen LogP) is 20.5. The van der Waals surface area contributed by atoms with Gasteiger partial charge in [0.1, 0.15) is 0 Å². The maximum Gasteiger partial charge on any atom is 0.0467 e. The molecule has 0 saturated heterocycles. The molecule has 0 spiro atoms. The Hall–Kier alpha value is -9.08. The topological polar surface area (TPSA) is 3.24 Å². The molecule has 14 rings (SSSR count). The van der Waals surface area contributed by atoms with Crippen LogP contribution < -0.4 is 4.90 Å². The van der Waals surface area contributed by atoms with Crippen LogP contribution in [0.1, 0.15) is 0 Å². The maximum absolute atomic E-state index is 2.42. The summed E-state index contributed by atoms with van der Waals surface area (Å²) in [6.45, 7) is 0. The quantitative estimate of drug-likeness (QED) is 0.137. The van der Waals surface area contributed by atoms with Crippen LogP contribution in [-0.2, 0) is 0 Å². The lowest BCUT2D eigenvalue weighted by Crippen LogP contribution is -2.10. The van der Waals surface area contributed by atoms with Gasteiger partial charge in [-0.25, -0.2) is 0 Å². The van der Waals surface area contributed by atoms with Crippen LogP contribution in [0.2, 0.25) is 0 Å². The van der Waals surface area contributed by atoms with Crippen molar-refractivity contribution in [3.8, 4) is 55.6 Å². The highest BCUT2D eigenvalue weighted by Gasteiger charge is 2.20. The number of fused-ring (bicyclic) bond motifs is 9. The molecule has 1 aromatic heterocycles. The second-order valence-corrected chi connectivity index (χ2v) is 19.8. The van der Waals surface area contributed by atoms with E-state index in [1.54, 1.807) is 0 Å². The van der Waals surface area contributed by atoms with E-state index in [0.717, 1.165) is 22.6 Å². The van der Waals surface area contributed by atoms with E-state index in [0.29, 0.717) is 0 Å². The van der Waals surface area contributed by atoms with E-state index in [9.17, 15) is 0 Å². The van der Waals surface area contributed by atoms with E-state index in [1.807, 2.05) is 11.3 Å². The van der Waals surface area contributed by atoms with Crippen LogP contribution >= 0.6 is 11.3 Å². The summed E-state index contributed by atoms with van der Waals surface area (Å²) in [7, 11) is 0. The third kappa shape index (κ3) is 7.15. The van der Waals surface area contributed by atoms with Gasteiger partial charge in [0.05, 0.1) is 0 Å². The van der Waals surface area contributed by atoms with Crippen molar-refractivity contribution in [3.05, 3.63) is 273 Å². The number of anilines is 3. The van der Waals surface area contributed by atoms with Crippen molar-refractivity contribution in [2.45, 2.75) is 0 Å². The molecule has 0 atom stereocenters. The van der Waals surface area contributed by atoms with Gasteiger partial charge in [0.15, 0.2) is 0 Å². The number of hydrogen-bond donors (Lipinski definition) is 0. The summed E-state index contributed by atoms with van der Waals surface area (Å²) in [6, 6.07) is 101. The van der Waals surface area contributed by atoms with Gasteiger partial charge in [0, 0.05) is 37.2 Å². The molecule has 0 radical (unpaired) electrons. The Morgan fingerprint density at radius 1 is 0.236 bits per heavy atom. The molecule has 2 heteroatoms. The molecule has 336 valence electrons. The highest BCUT2D eigenvalue weighted by Crippen LogP contribution is 2.47. The molecule has 0 fully saturated rings. The molecule has 13 aromatic carbocycles. The van der Waals surface area contributed by atoms with Crippen molar-refractivity contribution in [2.75, 3.05) is 4.90 Å². The first-order valence-electron chi connectivity index (χ1n) is 24.7. The fourth-order valence-electron chi connectivity index (χ4n) is 11.2. The summed E-state index contributed by atoms with van der Waals surface area (Å²) in [5.41, 5.74) is 15.3. The van der Waals surface area contributed by atoms with Gasteiger partial charge < -0.3 is 4.90 Å². The van der Waals surface area contributed by atoms with Crippen LogP contribution in [0.5, 0.6) is 0 Å². The third-order valence-corrected chi connectivity index (χ3v) is 15.8. The number of nitrogens with zero attached hydrogens (tertiary/aromatic N) is 1. The van der Waals surface area contributed by atoms with Gasteiger partial charge in [-0.3, -0.25) is 0 Å². The second-order valence-electron chi connectivity index (χ2n) is 18.8. The Balaban J connectivity index is 0.927. The molecule has 0 unspecified atom stereocenters. The Morgan fingerprint density at radius 2 is 0.736 bits per heavy atom. The zero-order valence-corrected chi connectivity index (χ0v) is 40.2. The summed E-state index contributed by atoms with van der Waals surface area (Å²) >= 11 is 1.88. The van der Waals surface area contributed by atoms with E-state index in [4.69, 9.17) is 0 Å². The molecule has 0 N–H and O–H groups in total. The summed E-state index contributed by atoms with van der Waals surface area (Å²) in [5.74, 6) is 0. The molecular weight excluding hydrogens is 887 g/mol. The highest BCUT2D eigenvalue weighted by atomic mass is 32.1. The molecule has 72 heavy (non-hydrogen) atoms. The van der Waals surface area contributed by atoms with Gasteiger partial charge in [0.25, 0.3) is 0 Å². The molecule has 0 saturated carbocycles. The van der Waals surface area contributed by atoms with Gasteiger partial charge >= 0.3 is 0 Å². The molecule has 0 bridgehead atoms. The third-order valence-electron chi connectivity index (χ3n) is 14.6. The van der Waals surface area contributed by atoms with Crippen molar-refractivity contribution in [3.63, 3.8) is 0 Å². The van der Waals surface area contributed by atoms with Gasteiger partial charge in [-0.15, -0.1) is 11.3 Å². The minimum Gasteiger partial charge on any atom is -0.310 e. The van der Waals surface area contributed by atoms with Crippen LogP contribution in [0, 0.1) is 0 Å². The molecule has 14 aromatic rings. The fourth-order valence-corrected chi connectivity index (χ4v) is 12.5. The number of thiophene rings is 1. The first-order valence-corrected chi connectivity index (χ1v) is 25.5. The summed E-state index contributed by atoms with van der Waals surface area (Å²) < 4.78 is 2.62. The van der Waals surface area contributed by atoms with E-state index < -0.39 is 0 Å². The molecular formula is C70H45NS. The minimum atomic E-state index is 1.09. The predicted molar refractivity (Wildman–Crippen MR) is 311 cm³/mol. The lowest BCUT2D eigenvalue weighted by Gasteiger charge is -2.27. The molecule has 1 nitrogen and oxygen atoms in total. The summed E-state index contributed by atoms with van der Waals surface area (Å²) in [4.78, 5) is 2.42. The van der Waals surface area contributed by atoms with Crippen LogP contribution in [-0.4, -0.2) is 0 Å². The monoisotopic (exact) mass is 931 g/mol. The van der Waals surface area contributed by atoms with E-state index in [1.165, 1.54) is 113 Å². The van der Waals surface area contributed by atoms with Crippen molar-refractivity contribution < 1.29 is 0 Å². The molecule has 0 aliphatic rings. The molecule has 0 aliphatic carbocycles. The largest absolute Gasteiger partial charge is 0.310 e. The van der Waals surface area contributed by atoms with Crippen LogP contribution in [0.3, 0.4) is 0 Å². The molecule has 0 amide bonds. The van der Waals surface area contributed by atoms with E-state index in [-0.39, 0.29) is 0 Å². The van der Waals surface area contributed by atoms with Crippen LogP contribution in [0.4, 0.5) is 17.1 Å². The average Bonchev–Trinajstić information content (AvgIpc) is 3.84. The van der Waals surface area contributed by atoms with E-state index in [2.05, 4.69) is 278 Å². The maximum atomic E-state index is 2.42. The van der Waals surface area contributed by atoms with Crippen LogP contribution in [0.15, 0.2) is 273 Å². The minimum absolute atomic E-state index is 1.09. The normalized spacial score (nSPS) is 11.6. The Bertz CT molecular complexity index is 4380. The number of rotatable bonds is 8. The van der Waals surface area contributed by atoms with Gasteiger partial charge in [0.2, 0.25) is 0 Å². The van der Waals surface area contributed by atoms with E-state index >= 15 is 0 Å². The van der Waals surface area contributed by atoms with Gasteiger partial charge in [-0.1, -0.05) is 218 Å². The molecule has 1 heterocycles. The average molecular weight is 932 g/mol. The zero-order chi connectivity index (χ0) is 47.5. The van der Waals surface area contributed by atoms with Gasteiger partial charge in [-0.05, 0) is 153 Å². The number of hydrogen-bond acceptors (Lipinski definition) is 2. The smallest absolute Gasteiger partial charge is 0.0467 e. The zero-order valence-electron chi connectivity index (χ0n) is 39.3.